The molecule has 24 heavy (non-hydrogen) atoms. The molecule has 2 N–H and O–H groups in total. The van der Waals surface area contributed by atoms with Crippen molar-refractivity contribution in [3.8, 4) is 11.8 Å². The molecule has 1 aromatic rings. The van der Waals surface area contributed by atoms with Crippen LogP contribution in [0.1, 0.15) is 18.4 Å². The molecule has 0 aliphatic carbocycles. The Balaban J connectivity index is 1.98. The maximum absolute atomic E-state index is 12.2. The summed E-state index contributed by atoms with van der Waals surface area (Å²) in [5.74, 6) is 0.462. The zero-order valence-electron chi connectivity index (χ0n) is 13.7. The second-order valence-corrected chi connectivity index (χ2v) is 5.38. The number of carbonyl (C=O) groups excluding carboxylic acids is 2. The van der Waals surface area contributed by atoms with Crippen molar-refractivity contribution in [1.82, 2.24) is 10.2 Å². The molecular weight excluding hydrogens is 312 g/mol. The van der Waals surface area contributed by atoms with E-state index in [0.717, 1.165) is 12.8 Å². The Labute approximate surface area is 140 Å². The standard InChI is InChI=1S/C16H20N4O4/c1-23-14-6-5-11(9-17)8-13(14)19-15(21)18-12-4-3-7-20(10-12)16(22)24-2/h5-6,8,12H,3-4,7,10H2,1-2H3,(H2,18,19,21)/t12-/m1/s1. The van der Waals surface area contributed by atoms with Crippen LogP contribution in [0.5, 0.6) is 5.75 Å². The van der Waals surface area contributed by atoms with Gasteiger partial charge in [-0.15, -0.1) is 0 Å². The van der Waals surface area contributed by atoms with Crippen LogP contribution in [0.4, 0.5) is 15.3 Å². The zero-order valence-corrected chi connectivity index (χ0v) is 13.7. The molecule has 1 aliphatic rings. The van der Waals surface area contributed by atoms with E-state index in [-0.39, 0.29) is 6.04 Å². The van der Waals surface area contributed by atoms with Crippen molar-refractivity contribution in [3.05, 3.63) is 23.8 Å². The molecule has 0 unspecified atom stereocenters. The topological polar surface area (TPSA) is 104 Å². The van der Waals surface area contributed by atoms with E-state index in [2.05, 4.69) is 10.6 Å². The first-order valence-electron chi connectivity index (χ1n) is 7.56. The summed E-state index contributed by atoms with van der Waals surface area (Å²) in [6.45, 7) is 1.01. The van der Waals surface area contributed by atoms with Gasteiger partial charge in [0.05, 0.1) is 31.5 Å². The Morgan fingerprint density at radius 3 is 2.83 bits per heavy atom. The van der Waals surface area contributed by atoms with Crippen LogP contribution >= 0.6 is 0 Å². The predicted octanol–water partition coefficient (Wildman–Crippen LogP) is 1.92. The van der Waals surface area contributed by atoms with Gasteiger partial charge in [0, 0.05) is 19.1 Å². The number of ether oxygens (including phenoxy) is 2. The molecule has 1 aliphatic heterocycles. The number of nitrogens with one attached hydrogen (secondary N) is 2. The second kappa shape index (κ2) is 8.06. The molecule has 1 saturated heterocycles. The second-order valence-electron chi connectivity index (χ2n) is 5.38. The number of rotatable bonds is 3. The average molecular weight is 332 g/mol. The number of hydrogen-bond donors (Lipinski definition) is 2. The highest BCUT2D eigenvalue weighted by atomic mass is 16.5. The Kier molecular flexibility index (Phi) is 5.84. The lowest BCUT2D eigenvalue weighted by molar-refractivity contribution is 0.108. The first kappa shape index (κ1) is 17.4. The number of benzene rings is 1. The highest BCUT2D eigenvalue weighted by Gasteiger charge is 2.25. The third-order valence-electron chi connectivity index (χ3n) is 3.77. The molecule has 8 nitrogen and oxygen atoms in total. The van der Waals surface area contributed by atoms with Crippen molar-refractivity contribution >= 4 is 17.8 Å². The predicted molar refractivity (Wildman–Crippen MR) is 86.9 cm³/mol. The summed E-state index contributed by atoms with van der Waals surface area (Å²) in [6.07, 6.45) is 1.16. The summed E-state index contributed by atoms with van der Waals surface area (Å²) in [6, 6.07) is 6.20. The molecule has 0 bridgehead atoms. The van der Waals surface area contributed by atoms with Crippen molar-refractivity contribution in [2.45, 2.75) is 18.9 Å². The van der Waals surface area contributed by atoms with Crippen LogP contribution in [0.25, 0.3) is 0 Å². The molecule has 3 amide bonds. The summed E-state index contributed by atoms with van der Waals surface area (Å²) < 4.78 is 9.88. The number of methoxy groups -OCH3 is 2. The van der Waals surface area contributed by atoms with Crippen molar-refractivity contribution in [3.63, 3.8) is 0 Å². The van der Waals surface area contributed by atoms with Gasteiger partial charge in [-0.3, -0.25) is 0 Å². The van der Waals surface area contributed by atoms with E-state index < -0.39 is 12.1 Å². The lowest BCUT2D eigenvalue weighted by Crippen LogP contribution is -2.50. The minimum atomic E-state index is -0.417. The zero-order chi connectivity index (χ0) is 17.5. The fourth-order valence-corrected chi connectivity index (χ4v) is 2.61. The molecule has 0 aromatic heterocycles. The maximum atomic E-state index is 12.2. The van der Waals surface area contributed by atoms with Gasteiger partial charge in [0.15, 0.2) is 0 Å². The number of nitrogens with zero attached hydrogens (tertiary/aromatic N) is 2. The monoisotopic (exact) mass is 332 g/mol. The maximum Gasteiger partial charge on any atom is 0.409 e. The van der Waals surface area contributed by atoms with Gasteiger partial charge in [-0.2, -0.15) is 5.26 Å². The van der Waals surface area contributed by atoms with E-state index in [0.29, 0.717) is 30.1 Å². The van der Waals surface area contributed by atoms with Crippen LogP contribution in [-0.4, -0.2) is 50.4 Å². The molecule has 1 atom stereocenters. The number of anilines is 1. The first-order chi connectivity index (χ1) is 11.6. The first-order valence-corrected chi connectivity index (χ1v) is 7.56. The average Bonchev–Trinajstić information content (AvgIpc) is 2.61. The molecule has 2 rings (SSSR count). The number of urea groups is 1. The quantitative estimate of drug-likeness (QED) is 0.880. The van der Waals surface area contributed by atoms with Crippen molar-refractivity contribution in [1.29, 1.82) is 5.26 Å². The molecular formula is C16H20N4O4. The molecule has 0 spiro atoms. The summed E-state index contributed by atoms with van der Waals surface area (Å²) in [7, 11) is 2.82. The lowest BCUT2D eigenvalue weighted by atomic mass is 10.1. The Morgan fingerprint density at radius 1 is 1.38 bits per heavy atom. The van der Waals surface area contributed by atoms with Gasteiger partial charge in [-0.05, 0) is 31.0 Å². The Hall–Kier alpha value is -2.95. The smallest absolute Gasteiger partial charge is 0.409 e. The normalized spacial score (nSPS) is 16.7. The number of carbonyl (C=O) groups is 2. The minimum absolute atomic E-state index is 0.164. The van der Waals surface area contributed by atoms with E-state index >= 15 is 0 Å². The van der Waals surface area contributed by atoms with Crippen molar-refractivity contribution in [2.24, 2.45) is 0 Å². The Bertz CT molecular complexity index is 656. The van der Waals surface area contributed by atoms with E-state index in [4.69, 9.17) is 14.7 Å². The summed E-state index contributed by atoms with van der Waals surface area (Å²) in [4.78, 5) is 25.3. The molecule has 1 aromatic carbocycles. The summed E-state index contributed by atoms with van der Waals surface area (Å²) >= 11 is 0. The van der Waals surface area contributed by atoms with Crippen LogP contribution in [0.3, 0.4) is 0 Å². The number of piperidine rings is 1. The van der Waals surface area contributed by atoms with Crippen molar-refractivity contribution < 1.29 is 19.1 Å². The van der Waals surface area contributed by atoms with Gasteiger partial charge in [-0.25, -0.2) is 9.59 Å². The minimum Gasteiger partial charge on any atom is -0.495 e. The summed E-state index contributed by atoms with van der Waals surface area (Å²) in [5, 5.41) is 14.5. The molecule has 1 heterocycles. The molecule has 0 radical (unpaired) electrons. The van der Waals surface area contributed by atoms with E-state index in [1.807, 2.05) is 6.07 Å². The van der Waals surface area contributed by atoms with Crippen LogP contribution < -0.4 is 15.4 Å². The van der Waals surface area contributed by atoms with Crippen LogP contribution in [-0.2, 0) is 4.74 Å². The number of likely N-dealkylation sites (tertiary alicyclic amines) is 1. The lowest BCUT2D eigenvalue weighted by Gasteiger charge is -2.32. The molecule has 1 fully saturated rings. The number of amides is 3. The van der Waals surface area contributed by atoms with Gasteiger partial charge in [0.2, 0.25) is 0 Å². The third-order valence-corrected chi connectivity index (χ3v) is 3.77. The summed E-state index contributed by atoms with van der Waals surface area (Å²) in [5.41, 5.74) is 0.829. The highest BCUT2D eigenvalue weighted by molar-refractivity contribution is 5.91. The molecule has 0 saturated carbocycles. The molecule has 8 heteroatoms. The van der Waals surface area contributed by atoms with Crippen LogP contribution in [0, 0.1) is 11.3 Å². The van der Waals surface area contributed by atoms with Gasteiger partial charge in [0.25, 0.3) is 0 Å². The SMILES string of the molecule is COC(=O)N1CCC[C@@H](NC(=O)Nc2cc(C#N)ccc2OC)C1. The van der Waals surface area contributed by atoms with Gasteiger partial charge >= 0.3 is 12.1 Å². The van der Waals surface area contributed by atoms with Crippen molar-refractivity contribution in [2.75, 3.05) is 32.6 Å². The van der Waals surface area contributed by atoms with E-state index in [1.54, 1.807) is 23.1 Å². The van der Waals surface area contributed by atoms with Crippen LogP contribution in [0.15, 0.2) is 18.2 Å². The fourth-order valence-electron chi connectivity index (χ4n) is 2.61. The van der Waals surface area contributed by atoms with Gasteiger partial charge < -0.3 is 25.0 Å². The molecule has 128 valence electrons. The fraction of sp³-hybridized carbons (Fsp3) is 0.438. The van der Waals surface area contributed by atoms with Crippen LogP contribution in [0.2, 0.25) is 0 Å². The van der Waals surface area contributed by atoms with Gasteiger partial charge in [0.1, 0.15) is 5.75 Å². The third kappa shape index (κ3) is 4.29. The number of nitriles is 1. The number of hydrogen-bond acceptors (Lipinski definition) is 5. The van der Waals surface area contributed by atoms with Gasteiger partial charge in [-0.1, -0.05) is 0 Å². The largest absolute Gasteiger partial charge is 0.495 e. The van der Waals surface area contributed by atoms with E-state index in [1.165, 1.54) is 14.2 Å². The highest BCUT2D eigenvalue weighted by Crippen LogP contribution is 2.25. The van der Waals surface area contributed by atoms with E-state index in [9.17, 15) is 9.59 Å². The Morgan fingerprint density at radius 2 is 2.17 bits per heavy atom.